The Labute approximate surface area is 184 Å². The molecular formula is C26H31NO4. The van der Waals surface area contributed by atoms with E-state index in [0.717, 1.165) is 30.4 Å². The third-order valence-electron chi connectivity index (χ3n) is 5.82. The number of ether oxygens (including phenoxy) is 2. The lowest BCUT2D eigenvalue weighted by Crippen LogP contribution is -2.51. The maximum Gasteiger partial charge on any atom is 0.339 e. The predicted octanol–water partition coefficient (Wildman–Crippen LogP) is 4.96. The van der Waals surface area contributed by atoms with Crippen LogP contribution in [0.25, 0.3) is 11.6 Å². The molecule has 0 aliphatic carbocycles. The van der Waals surface area contributed by atoms with Crippen molar-refractivity contribution in [3.8, 4) is 5.75 Å². The molecule has 1 saturated heterocycles. The molecule has 164 valence electrons. The van der Waals surface area contributed by atoms with Crippen molar-refractivity contribution in [1.82, 2.24) is 4.90 Å². The monoisotopic (exact) mass is 421 g/mol. The number of carbonyl (C=O) groups is 2. The summed E-state index contributed by atoms with van der Waals surface area (Å²) >= 11 is 0. The van der Waals surface area contributed by atoms with Crippen LogP contribution in [0.5, 0.6) is 5.75 Å². The Morgan fingerprint density at radius 3 is 2.26 bits per heavy atom. The summed E-state index contributed by atoms with van der Waals surface area (Å²) in [6.07, 6.45) is 3.94. The fourth-order valence-electron chi connectivity index (χ4n) is 4.16. The fourth-order valence-corrected chi connectivity index (χ4v) is 4.16. The SMILES string of the molecule is COc1ccccc1/C=C(/C(=O)O[C@H](C)C(=O)N1[C@H](C)CCC[C@H]1C)c1ccccc1. The number of methoxy groups -OCH3 is 1. The minimum absolute atomic E-state index is 0.141. The van der Waals surface area contributed by atoms with Gasteiger partial charge in [0.2, 0.25) is 0 Å². The average Bonchev–Trinajstić information content (AvgIpc) is 2.77. The van der Waals surface area contributed by atoms with Crippen molar-refractivity contribution < 1.29 is 19.1 Å². The molecule has 1 aliphatic rings. The number of hydrogen-bond acceptors (Lipinski definition) is 4. The van der Waals surface area contributed by atoms with Crippen LogP contribution >= 0.6 is 0 Å². The molecule has 0 N–H and O–H groups in total. The van der Waals surface area contributed by atoms with E-state index in [1.807, 2.05) is 59.5 Å². The minimum Gasteiger partial charge on any atom is -0.496 e. The molecule has 3 atom stereocenters. The van der Waals surface area contributed by atoms with Gasteiger partial charge in [-0.05, 0) is 57.7 Å². The fraction of sp³-hybridized carbons (Fsp3) is 0.385. The van der Waals surface area contributed by atoms with Crippen molar-refractivity contribution in [3.05, 3.63) is 65.7 Å². The van der Waals surface area contributed by atoms with E-state index in [9.17, 15) is 9.59 Å². The zero-order chi connectivity index (χ0) is 22.4. The lowest BCUT2D eigenvalue weighted by atomic mass is 9.97. The van der Waals surface area contributed by atoms with Crippen LogP contribution in [0.15, 0.2) is 54.6 Å². The molecule has 0 bridgehead atoms. The molecule has 0 aromatic heterocycles. The van der Waals surface area contributed by atoms with Gasteiger partial charge >= 0.3 is 5.97 Å². The molecule has 5 heteroatoms. The van der Waals surface area contributed by atoms with Gasteiger partial charge in [-0.2, -0.15) is 0 Å². The van der Waals surface area contributed by atoms with Crippen molar-refractivity contribution >= 4 is 23.5 Å². The zero-order valence-electron chi connectivity index (χ0n) is 18.7. The van der Waals surface area contributed by atoms with Crippen molar-refractivity contribution in [1.29, 1.82) is 0 Å². The Kier molecular flexibility index (Phi) is 7.50. The molecule has 1 fully saturated rings. The van der Waals surface area contributed by atoms with Gasteiger partial charge in [-0.1, -0.05) is 48.5 Å². The largest absolute Gasteiger partial charge is 0.496 e. The van der Waals surface area contributed by atoms with Gasteiger partial charge in [0.05, 0.1) is 12.7 Å². The summed E-state index contributed by atoms with van der Waals surface area (Å²) in [6.45, 7) is 5.76. The lowest BCUT2D eigenvalue weighted by Gasteiger charge is -2.40. The summed E-state index contributed by atoms with van der Waals surface area (Å²) < 4.78 is 11.1. The summed E-state index contributed by atoms with van der Waals surface area (Å²) in [5.74, 6) is -0.0168. The molecule has 0 radical (unpaired) electrons. The number of nitrogens with zero attached hydrogens (tertiary/aromatic N) is 1. The van der Waals surface area contributed by atoms with Gasteiger partial charge < -0.3 is 14.4 Å². The molecule has 0 unspecified atom stereocenters. The first-order valence-electron chi connectivity index (χ1n) is 10.9. The quantitative estimate of drug-likeness (QED) is 0.376. The first-order chi connectivity index (χ1) is 14.9. The molecular weight excluding hydrogens is 390 g/mol. The smallest absolute Gasteiger partial charge is 0.339 e. The first-order valence-corrected chi connectivity index (χ1v) is 10.9. The number of para-hydroxylation sites is 1. The normalized spacial score (nSPS) is 20.1. The van der Waals surface area contributed by atoms with Gasteiger partial charge in [-0.3, -0.25) is 4.79 Å². The van der Waals surface area contributed by atoms with E-state index in [1.54, 1.807) is 20.1 Å². The Balaban J connectivity index is 1.87. The number of likely N-dealkylation sites (tertiary alicyclic amines) is 1. The third-order valence-corrected chi connectivity index (χ3v) is 5.82. The van der Waals surface area contributed by atoms with Crippen LogP contribution in [-0.4, -0.2) is 42.1 Å². The molecule has 2 aromatic rings. The Morgan fingerprint density at radius 1 is 1.00 bits per heavy atom. The van der Waals surface area contributed by atoms with Crippen LogP contribution in [0.2, 0.25) is 0 Å². The minimum atomic E-state index is -0.861. The highest BCUT2D eigenvalue weighted by molar-refractivity contribution is 6.22. The predicted molar refractivity (Wildman–Crippen MR) is 122 cm³/mol. The number of carbonyl (C=O) groups excluding carboxylic acids is 2. The molecule has 3 rings (SSSR count). The number of esters is 1. The van der Waals surface area contributed by atoms with E-state index in [4.69, 9.17) is 9.47 Å². The maximum absolute atomic E-state index is 13.2. The Morgan fingerprint density at radius 2 is 1.61 bits per heavy atom. The zero-order valence-corrected chi connectivity index (χ0v) is 18.7. The Hall–Kier alpha value is -3.08. The van der Waals surface area contributed by atoms with Gasteiger partial charge in [0, 0.05) is 17.6 Å². The highest BCUT2D eigenvalue weighted by atomic mass is 16.5. The number of rotatable bonds is 6. The number of piperidine rings is 1. The number of benzene rings is 2. The second kappa shape index (κ2) is 10.3. The lowest BCUT2D eigenvalue weighted by molar-refractivity contribution is -0.158. The van der Waals surface area contributed by atoms with E-state index in [-0.39, 0.29) is 18.0 Å². The van der Waals surface area contributed by atoms with E-state index in [0.29, 0.717) is 11.3 Å². The van der Waals surface area contributed by atoms with Crippen LogP contribution in [0, 0.1) is 0 Å². The van der Waals surface area contributed by atoms with Crippen LogP contribution in [0.3, 0.4) is 0 Å². The topological polar surface area (TPSA) is 55.8 Å². The van der Waals surface area contributed by atoms with Gasteiger partial charge in [-0.15, -0.1) is 0 Å². The van der Waals surface area contributed by atoms with E-state index in [1.165, 1.54) is 0 Å². The van der Waals surface area contributed by atoms with Crippen molar-refractivity contribution in [3.63, 3.8) is 0 Å². The first kappa shape index (κ1) is 22.6. The second-order valence-corrected chi connectivity index (χ2v) is 8.09. The van der Waals surface area contributed by atoms with E-state index < -0.39 is 12.1 Å². The number of amides is 1. The molecule has 0 spiro atoms. The summed E-state index contributed by atoms with van der Waals surface area (Å²) in [7, 11) is 1.59. The molecule has 5 nitrogen and oxygen atoms in total. The van der Waals surface area contributed by atoms with Gasteiger partial charge in [0.1, 0.15) is 5.75 Å². The van der Waals surface area contributed by atoms with Crippen LogP contribution in [-0.2, 0) is 14.3 Å². The standard InChI is InChI=1S/C26H31NO4/c1-18-11-10-12-19(2)27(18)25(28)20(3)31-26(29)23(21-13-6-5-7-14-21)17-22-15-8-9-16-24(22)30-4/h5-9,13-20H,10-12H2,1-4H3/b23-17+/t18-,19-,20-/m1/s1. The third kappa shape index (κ3) is 5.35. The molecule has 1 heterocycles. The van der Waals surface area contributed by atoms with Crippen LogP contribution < -0.4 is 4.74 Å². The average molecular weight is 422 g/mol. The molecule has 1 aliphatic heterocycles. The van der Waals surface area contributed by atoms with Gasteiger partial charge in [0.15, 0.2) is 6.10 Å². The van der Waals surface area contributed by atoms with Crippen LogP contribution in [0.4, 0.5) is 0 Å². The van der Waals surface area contributed by atoms with Crippen molar-refractivity contribution in [2.24, 2.45) is 0 Å². The maximum atomic E-state index is 13.2. The summed E-state index contributed by atoms with van der Waals surface area (Å²) in [4.78, 5) is 28.2. The van der Waals surface area contributed by atoms with E-state index in [2.05, 4.69) is 13.8 Å². The molecule has 1 amide bonds. The van der Waals surface area contributed by atoms with E-state index >= 15 is 0 Å². The Bertz CT molecular complexity index is 927. The van der Waals surface area contributed by atoms with Gasteiger partial charge in [0.25, 0.3) is 5.91 Å². The van der Waals surface area contributed by atoms with Crippen LogP contribution in [0.1, 0.15) is 51.2 Å². The highest BCUT2D eigenvalue weighted by Gasteiger charge is 2.33. The number of hydrogen-bond donors (Lipinski definition) is 0. The summed E-state index contributed by atoms with van der Waals surface area (Å²) in [5.41, 5.74) is 1.86. The summed E-state index contributed by atoms with van der Waals surface area (Å²) in [6, 6.07) is 17.1. The van der Waals surface area contributed by atoms with Gasteiger partial charge in [-0.25, -0.2) is 4.79 Å². The van der Waals surface area contributed by atoms with Crippen molar-refractivity contribution in [2.45, 2.75) is 58.2 Å². The van der Waals surface area contributed by atoms with Crippen molar-refractivity contribution in [2.75, 3.05) is 7.11 Å². The molecule has 31 heavy (non-hydrogen) atoms. The second-order valence-electron chi connectivity index (χ2n) is 8.09. The summed E-state index contributed by atoms with van der Waals surface area (Å²) in [5, 5.41) is 0. The molecule has 2 aromatic carbocycles. The highest BCUT2D eigenvalue weighted by Crippen LogP contribution is 2.27. The molecule has 0 saturated carbocycles.